The maximum Gasteiger partial charge on any atom is 0.126 e. The molecule has 0 aromatic heterocycles. The Kier molecular flexibility index (Phi) is 4.50. The molecule has 5 heteroatoms. The summed E-state index contributed by atoms with van der Waals surface area (Å²) < 4.78 is 37.8. The zero-order valence-corrected chi connectivity index (χ0v) is 11.2. The summed E-state index contributed by atoms with van der Waals surface area (Å²) in [4.78, 5) is 0. The second-order valence-corrected chi connectivity index (χ2v) is 4.81. The molecule has 0 saturated carbocycles. The topological polar surface area (TPSA) is 30.5 Å². The number of likely N-dealkylation sites (N-methyl/N-ethyl adjacent to an activating group) is 1. The van der Waals surface area contributed by atoms with E-state index in [1.165, 1.54) is 12.1 Å². The van der Waals surface area contributed by atoms with Gasteiger partial charge in [0.2, 0.25) is 0 Å². The van der Waals surface area contributed by atoms with Gasteiger partial charge in [-0.3, -0.25) is 0 Å². The minimum Gasteiger partial charge on any atom is -0.381 e. The van der Waals surface area contributed by atoms with Gasteiger partial charge in [-0.2, -0.15) is 0 Å². The maximum atomic E-state index is 13.4. The van der Waals surface area contributed by atoms with Crippen LogP contribution in [0.1, 0.15) is 24.4 Å². The minimum atomic E-state index is -0.575. The number of hydrogen-bond donors (Lipinski definition) is 1. The highest BCUT2D eigenvalue weighted by Gasteiger charge is 2.41. The Labute approximate surface area is 111 Å². The van der Waals surface area contributed by atoms with Crippen molar-refractivity contribution in [3.63, 3.8) is 0 Å². The van der Waals surface area contributed by atoms with E-state index in [0.717, 1.165) is 6.07 Å². The standard InChI is InChI=1S/C14H19F2NO2/c1-17-13(10-7-11(15)9-12(16)8-10)14(18-2)3-5-19-6-4-14/h7-9,13,17H,3-6H2,1-2H3. The number of halogens is 2. The summed E-state index contributed by atoms with van der Waals surface area (Å²) in [6.07, 6.45) is 1.38. The number of nitrogens with one attached hydrogen (secondary N) is 1. The van der Waals surface area contributed by atoms with Crippen LogP contribution < -0.4 is 5.32 Å². The average molecular weight is 271 g/mol. The Morgan fingerprint density at radius 3 is 2.26 bits per heavy atom. The fourth-order valence-electron chi connectivity index (χ4n) is 2.80. The molecule has 1 aliphatic rings. The van der Waals surface area contributed by atoms with Gasteiger partial charge >= 0.3 is 0 Å². The Bertz CT molecular complexity index is 413. The lowest BCUT2D eigenvalue weighted by Crippen LogP contribution is -2.48. The Balaban J connectivity index is 2.36. The number of methoxy groups -OCH3 is 1. The minimum absolute atomic E-state index is 0.272. The van der Waals surface area contributed by atoms with Crippen molar-refractivity contribution in [3.8, 4) is 0 Å². The van der Waals surface area contributed by atoms with E-state index in [1.807, 2.05) is 0 Å². The summed E-state index contributed by atoms with van der Waals surface area (Å²) >= 11 is 0. The molecule has 1 atom stereocenters. The summed E-state index contributed by atoms with van der Waals surface area (Å²) in [6.45, 7) is 1.17. The molecule has 1 N–H and O–H groups in total. The summed E-state index contributed by atoms with van der Waals surface area (Å²) in [5.74, 6) is -1.15. The van der Waals surface area contributed by atoms with Crippen molar-refractivity contribution in [1.82, 2.24) is 5.32 Å². The molecule has 19 heavy (non-hydrogen) atoms. The molecule has 1 unspecified atom stereocenters. The third kappa shape index (κ3) is 2.94. The lowest BCUT2D eigenvalue weighted by molar-refractivity contribution is -0.110. The van der Waals surface area contributed by atoms with Crippen molar-refractivity contribution < 1.29 is 18.3 Å². The van der Waals surface area contributed by atoms with Gasteiger partial charge in [-0.05, 0) is 24.7 Å². The van der Waals surface area contributed by atoms with Gasteiger partial charge in [-0.25, -0.2) is 8.78 Å². The van der Waals surface area contributed by atoms with Gasteiger partial charge in [0.05, 0.1) is 11.6 Å². The lowest BCUT2D eigenvalue weighted by Gasteiger charge is -2.42. The molecule has 0 amide bonds. The first-order valence-electron chi connectivity index (χ1n) is 6.37. The molecule has 1 aromatic rings. The summed E-state index contributed by atoms with van der Waals surface area (Å²) in [5.41, 5.74) is 0.0662. The molecule has 1 fully saturated rings. The smallest absolute Gasteiger partial charge is 0.126 e. The Morgan fingerprint density at radius 1 is 1.21 bits per heavy atom. The number of hydrogen-bond acceptors (Lipinski definition) is 3. The highest BCUT2D eigenvalue weighted by molar-refractivity contribution is 5.24. The Morgan fingerprint density at radius 2 is 1.79 bits per heavy atom. The zero-order chi connectivity index (χ0) is 13.9. The van der Waals surface area contributed by atoms with Gasteiger partial charge in [0.25, 0.3) is 0 Å². The quantitative estimate of drug-likeness (QED) is 0.912. The van der Waals surface area contributed by atoms with Crippen LogP contribution in [0.5, 0.6) is 0 Å². The van der Waals surface area contributed by atoms with Gasteiger partial charge in [-0.1, -0.05) is 0 Å². The molecular formula is C14H19F2NO2. The normalized spacial score (nSPS) is 20.2. The van der Waals surface area contributed by atoms with E-state index in [4.69, 9.17) is 9.47 Å². The highest BCUT2D eigenvalue weighted by atomic mass is 19.1. The van der Waals surface area contributed by atoms with Crippen LogP contribution >= 0.6 is 0 Å². The van der Waals surface area contributed by atoms with Crippen LogP contribution in [0.25, 0.3) is 0 Å². The van der Waals surface area contributed by atoms with Gasteiger partial charge in [0.1, 0.15) is 11.6 Å². The molecule has 1 aromatic carbocycles. The van der Waals surface area contributed by atoms with E-state index in [0.29, 0.717) is 31.6 Å². The van der Waals surface area contributed by atoms with Crippen molar-refractivity contribution in [2.45, 2.75) is 24.5 Å². The summed E-state index contributed by atoms with van der Waals surface area (Å²) in [6, 6.07) is 3.30. The van der Waals surface area contributed by atoms with Crippen molar-refractivity contribution in [3.05, 3.63) is 35.4 Å². The first kappa shape index (κ1) is 14.4. The van der Waals surface area contributed by atoms with Crippen molar-refractivity contribution >= 4 is 0 Å². The second kappa shape index (κ2) is 5.94. The fraction of sp³-hybridized carbons (Fsp3) is 0.571. The first-order chi connectivity index (χ1) is 9.11. The van der Waals surface area contributed by atoms with E-state index < -0.39 is 17.2 Å². The van der Waals surface area contributed by atoms with Crippen molar-refractivity contribution in [2.75, 3.05) is 27.4 Å². The van der Waals surface area contributed by atoms with Crippen LogP contribution in [0.2, 0.25) is 0 Å². The van der Waals surface area contributed by atoms with E-state index in [-0.39, 0.29) is 6.04 Å². The van der Waals surface area contributed by atoms with Crippen LogP contribution in [-0.2, 0) is 9.47 Å². The molecule has 0 spiro atoms. The van der Waals surface area contributed by atoms with Crippen molar-refractivity contribution in [1.29, 1.82) is 0 Å². The third-order valence-electron chi connectivity index (χ3n) is 3.78. The van der Waals surface area contributed by atoms with Crippen LogP contribution in [0.15, 0.2) is 18.2 Å². The predicted octanol–water partition coefficient (Wildman–Crippen LogP) is 2.42. The van der Waals surface area contributed by atoms with Gasteiger partial charge in [0, 0.05) is 39.2 Å². The molecule has 3 nitrogen and oxygen atoms in total. The monoisotopic (exact) mass is 271 g/mol. The van der Waals surface area contributed by atoms with Crippen molar-refractivity contribution in [2.24, 2.45) is 0 Å². The molecule has 1 aliphatic heterocycles. The number of rotatable bonds is 4. The van der Waals surface area contributed by atoms with Crippen LogP contribution in [-0.4, -0.2) is 33.0 Å². The molecule has 0 bridgehead atoms. The van der Waals surface area contributed by atoms with Crippen LogP contribution in [0.4, 0.5) is 8.78 Å². The van der Waals surface area contributed by atoms with Gasteiger partial charge < -0.3 is 14.8 Å². The predicted molar refractivity (Wildman–Crippen MR) is 68.0 cm³/mol. The SMILES string of the molecule is CNC(c1cc(F)cc(F)c1)C1(OC)CCOCC1. The van der Waals surface area contributed by atoms with E-state index >= 15 is 0 Å². The molecule has 1 saturated heterocycles. The third-order valence-corrected chi connectivity index (χ3v) is 3.78. The number of ether oxygens (including phenoxy) is 2. The zero-order valence-electron chi connectivity index (χ0n) is 11.2. The molecular weight excluding hydrogens is 252 g/mol. The van der Waals surface area contributed by atoms with E-state index in [9.17, 15) is 8.78 Å². The van der Waals surface area contributed by atoms with Gasteiger partial charge in [-0.15, -0.1) is 0 Å². The highest BCUT2D eigenvalue weighted by Crippen LogP contribution is 2.37. The Hall–Kier alpha value is -1.04. The molecule has 1 heterocycles. The molecule has 0 radical (unpaired) electrons. The summed E-state index contributed by atoms with van der Waals surface area (Å²) in [7, 11) is 3.40. The van der Waals surface area contributed by atoms with E-state index in [2.05, 4.69) is 5.32 Å². The molecule has 2 rings (SSSR count). The van der Waals surface area contributed by atoms with Gasteiger partial charge in [0.15, 0.2) is 0 Å². The molecule has 0 aliphatic carbocycles. The maximum absolute atomic E-state index is 13.4. The lowest BCUT2D eigenvalue weighted by atomic mass is 9.82. The summed E-state index contributed by atoms with van der Waals surface area (Å²) in [5, 5.41) is 3.12. The number of benzene rings is 1. The van der Waals surface area contributed by atoms with E-state index in [1.54, 1.807) is 14.2 Å². The average Bonchev–Trinajstić information content (AvgIpc) is 2.39. The van der Waals surface area contributed by atoms with Crippen LogP contribution in [0.3, 0.4) is 0 Å². The molecule has 106 valence electrons. The largest absolute Gasteiger partial charge is 0.381 e. The fourth-order valence-corrected chi connectivity index (χ4v) is 2.80. The first-order valence-corrected chi connectivity index (χ1v) is 6.37. The van der Waals surface area contributed by atoms with Crippen LogP contribution in [0, 0.1) is 11.6 Å². The second-order valence-electron chi connectivity index (χ2n) is 4.81.